The predicted octanol–water partition coefficient (Wildman–Crippen LogP) is 13.3. The molecule has 1 aromatic heterocycles. The second kappa shape index (κ2) is 10.4. The van der Waals surface area contributed by atoms with Gasteiger partial charge in [0.15, 0.2) is 0 Å². The summed E-state index contributed by atoms with van der Waals surface area (Å²) in [4.78, 5) is 0. The normalized spacial score (nSPS) is 12.2. The zero-order valence-corrected chi connectivity index (χ0v) is 27.1. The lowest BCUT2D eigenvalue weighted by Crippen LogP contribution is -1.98. The van der Waals surface area contributed by atoms with E-state index in [4.69, 9.17) is 4.74 Å². The Morgan fingerprint density at radius 1 is 0.320 bits per heavy atom. The SMILES string of the molecule is c1ccc(-n2c3c4ccccc4ccc3c3c(-c4ccccc4-c4ccc5c6c(cccc46)-c4ccccc4O5)cc4ccccc4c32)cc1. The summed E-state index contributed by atoms with van der Waals surface area (Å²) in [5.74, 6) is 1.81. The van der Waals surface area contributed by atoms with E-state index in [1.165, 1.54) is 76.6 Å². The first-order valence-corrected chi connectivity index (χ1v) is 17.2. The van der Waals surface area contributed by atoms with Crippen molar-refractivity contribution < 1.29 is 4.74 Å². The van der Waals surface area contributed by atoms with Crippen molar-refractivity contribution in [3.63, 3.8) is 0 Å². The molecule has 0 bridgehead atoms. The molecule has 2 heterocycles. The average molecular weight is 636 g/mol. The first-order valence-electron chi connectivity index (χ1n) is 17.2. The Balaban J connectivity index is 1.28. The van der Waals surface area contributed by atoms with E-state index in [0.717, 1.165) is 28.1 Å². The fraction of sp³-hybridized carbons (Fsp3) is 0. The van der Waals surface area contributed by atoms with Gasteiger partial charge < -0.3 is 9.30 Å². The Bertz CT molecular complexity index is 3010. The highest BCUT2D eigenvalue weighted by Gasteiger charge is 2.25. The largest absolute Gasteiger partial charge is 0.456 e. The summed E-state index contributed by atoms with van der Waals surface area (Å²) in [6.45, 7) is 0. The lowest BCUT2D eigenvalue weighted by atomic mass is 9.86. The van der Waals surface area contributed by atoms with Crippen LogP contribution in [0, 0.1) is 0 Å². The van der Waals surface area contributed by atoms with Gasteiger partial charge in [0, 0.05) is 38.2 Å². The summed E-state index contributed by atoms with van der Waals surface area (Å²) in [5, 5.41) is 9.81. The van der Waals surface area contributed by atoms with E-state index in [0.29, 0.717) is 0 Å². The number of hydrogen-bond acceptors (Lipinski definition) is 1. The van der Waals surface area contributed by atoms with Gasteiger partial charge in [0.25, 0.3) is 0 Å². The molecule has 0 radical (unpaired) electrons. The molecule has 0 saturated carbocycles. The molecule has 2 nitrogen and oxygen atoms in total. The molecule has 0 spiro atoms. The van der Waals surface area contributed by atoms with E-state index < -0.39 is 0 Å². The van der Waals surface area contributed by atoms with Gasteiger partial charge in [-0.15, -0.1) is 0 Å². The Kier molecular flexibility index (Phi) is 5.70. The molecule has 50 heavy (non-hydrogen) atoms. The highest BCUT2D eigenvalue weighted by molar-refractivity contribution is 6.28. The van der Waals surface area contributed by atoms with Crippen molar-refractivity contribution >= 4 is 54.1 Å². The summed E-state index contributed by atoms with van der Waals surface area (Å²) < 4.78 is 8.99. The molecule has 1 aliphatic rings. The van der Waals surface area contributed by atoms with Gasteiger partial charge in [0.2, 0.25) is 0 Å². The minimum Gasteiger partial charge on any atom is -0.456 e. The fourth-order valence-electron chi connectivity index (χ4n) is 8.46. The Morgan fingerprint density at radius 3 is 1.80 bits per heavy atom. The molecular formula is C48H29NO. The predicted molar refractivity (Wildman–Crippen MR) is 210 cm³/mol. The van der Waals surface area contributed by atoms with Crippen LogP contribution < -0.4 is 4.74 Å². The molecule has 0 fully saturated rings. The molecule has 232 valence electrons. The fourth-order valence-corrected chi connectivity index (χ4v) is 8.46. The summed E-state index contributed by atoms with van der Waals surface area (Å²) in [6, 6.07) is 63.8. The van der Waals surface area contributed by atoms with Crippen LogP contribution in [0.2, 0.25) is 0 Å². The van der Waals surface area contributed by atoms with E-state index in [-0.39, 0.29) is 0 Å². The number of benzene rings is 9. The van der Waals surface area contributed by atoms with Gasteiger partial charge in [-0.25, -0.2) is 0 Å². The standard InChI is InChI=1S/C48H29NO/c1-2-15-32(16-3-1)49-47-33-17-6-4-13-30(33)25-26-41(47)46-42(29-31-14-5-7-18-34(31)48(46)49)36-20-9-8-19-35(36)37-27-28-44-45-39(37)22-12-23-40(45)38-21-10-11-24-43(38)50-44/h1-29H. The van der Waals surface area contributed by atoms with Gasteiger partial charge in [-0.1, -0.05) is 146 Å². The van der Waals surface area contributed by atoms with Crippen molar-refractivity contribution in [3.05, 3.63) is 176 Å². The van der Waals surface area contributed by atoms with Crippen molar-refractivity contribution in [2.75, 3.05) is 0 Å². The van der Waals surface area contributed by atoms with E-state index in [1.54, 1.807) is 0 Å². The molecule has 0 N–H and O–H groups in total. The van der Waals surface area contributed by atoms with Crippen molar-refractivity contribution in [2.45, 2.75) is 0 Å². The van der Waals surface area contributed by atoms with Gasteiger partial charge in [0.1, 0.15) is 11.5 Å². The summed E-state index contributed by atoms with van der Waals surface area (Å²) >= 11 is 0. The van der Waals surface area contributed by atoms with E-state index in [2.05, 4.69) is 174 Å². The van der Waals surface area contributed by atoms with Gasteiger partial charge >= 0.3 is 0 Å². The van der Waals surface area contributed by atoms with Crippen LogP contribution in [0.25, 0.3) is 93.2 Å². The molecule has 0 amide bonds. The number of aromatic nitrogens is 1. The first-order chi connectivity index (χ1) is 24.8. The van der Waals surface area contributed by atoms with Crippen LogP contribution in [0.3, 0.4) is 0 Å². The molecule has 11 rings (SSSR count). The van der Waals surface area contributed by atoms with Gasteiger partial charge in [-0.3, -0.25) is 0 Å². The number of ether oxygens (including phenoxy) is 1. The number of nitrogens with zero attached hydrogens (tertiary/aromatic N) is 1. The van der Waals surface area contributed by atoms with E-state index >= 15 is 0 Å². The topological polar surface area (TPSA) is 14.2 Å². The number of rotatable bonds is 3. The van der Waals surface area contributed by atoms with Crippen LogP contribution >= 0.6 is 0 Å². The van der Waals surface area contributed by atoms with Crippen LogP contribution in [0.5, 0.6) is 11.5 Å². The van der Waals surface area contributed by atoms with E-state index in [1.807, 2.05) is 6.07 Å². The molecule has 10 aromatic rings. The average Bonchev–Trinajstić information content (AvgIpc) is 3.54. The monoisotopic (exact) mass is 635 g/mol. The zero-order chi connectivity index (χ0) is 32.8. The van der Waals surface area contributed by atoms with Crippen LogP contribution in [0.15, 0.2) is 176 Å². The lowest BCUT2D eigenvalue weighted by molar-refractivity contribution is 0.487. The highest BCUT2D eigenvalue weighted by Crippen LogP contribution is 2.51. The number of hydrogen-bond donors (Lipinski definition) is 0. The molecule has 9 aromatic carbocycles. The third-order valence-electron chi connectivity index (χ3n) is 10.6. The Labute approximate surface area is 289 Å². The van der Waals surface area contributed by atoms with E-state index in [9.17, 15) is 0 Å². The number of para-hydroxylation sites is 2. The molecule has 2 heteroatoms. The van der Waals surface area contributed by atoms with Crippen LogP contribution in [-0.2, 0) is 0 Å². The van der Waals surface area contributed by atoms with Crippen molar-refractivity contribution in [3.8, 4) is 50.6 Å². The van der Waals surface area contributed by atoms with Crippen LogP contribution in [0.1, 0.15) is 0 Å². The highest BCUT2D eigenvalue weighted by atomic mass is 16.5. The van der Waals surface area contributed by atoms with Gasteiger partial charge in [-0.2, -0.15) is 0 Å². The maximum atomic E-state index is 6.49. The van der Waals surface area contributed by atoms with Crippen molar-refractivity contribution in [1.82, 2.24) is 4.57 Å². The maximum absolute atomic E-state index is 6.49. The van der Waals surface area contributed by atoms with Crippen LogP contribution in [0.4, 0.5) is 0 Å². The third-order valence-corrected chi connectivity index (χ3v) is 10.6. The number of fused-ring (bicyclic) bond motifs is 9. The molecule has 0 aliphatic carbocycles. The van der Waals surface area contributed by atoms with Gasteiger partial charge in [0.05, 0.1) is 11.0 Å². The summed E-state index contributed by atoms with van der Waals surface area (Å²) in [6.07, 6.45) is 0. The smallest absolute Gasteiger partial charge is 0.135 e. The first kappa shape index (κ1) is 27.3. The second-order valence-electron chi connectivity index (χ2n) is 13.2. The lowest BCUT2D eigenvalue weighted by Gasteiger charge is -2.23. The molecule has 0 unspecified atom stereocenters. The van der Waals surface area contributed by atoms with Crippen molar-refractivity contribution in [2.24, 2.45) is 0 Å². The summed E-state index contributed by atoms with van der Waals surface area (Å²) in [5.41, 5.74) is 10.8. The maximum Gasteiger partial charge on any atom is 0.135 e. The van der Waals surface area contributed by atoms with Crippen LogP contribution in [-0.4, -0.2) is 4.57 Å². The van der Waals surface area contributed by atoms with Gasteiger partial charge in [-0.05, 0) is 74.3 Å². The zero-order valence-electron chi connectivity index (χ0n) is 27.1. The molecule has 1 aliphatic heterocycles. The molecule has 0 atom stereocenters. The minimum atomic E-state index is 0.904. The Morgan fingerprint density at radius 2 is 0.960 bits per heavy atom. The second-order valence-corrected chi connectivity index (χ2v) is 13.2. The quantitative estimate of drug-likeness (QED) is 0.188. The molecule has 0 saturated heterocycles. The third kappa shape index (κ3) is 3.79. The minimum absolute atomic E-state index is 0.904. The Hall–Kier alpha value is -6.64. The van der Waals surface area contributed by atoms with Crippen molar-refractivity contribution in [1.29, 1.82) is 0 Å². The summed E-state index contributed by atoms with van der Waals surface area (Å²) in [7, 11) is 0. The molecular weight excluding hydrogens is 607 g/mol.